The number of carbonyl (C=O) groups is 1. The van der Waals surface area contributed by atoms with Crippen molar-refractivity contribution in [3.05, 3.63) is 89.2 Å². The van der Waals surface area contributed by atoms with Crippen LogP contribution in [0.15, 0.2) is 71.6 Å². The van der Waals surface area contributed by atoms with E-state index >= 15 is 0 Å². The first-order chi connectivity index (χ1) is 14.3. The van der Waals surface area contributed by atoms with Gasteiger partial charge in [-0.25, -0.2) is 12.8 Å². The molecule has 0 bridgehead atoms. The summed E-state index contributed by atoms with van der Waals surface area (Å²) < 4.78 is 46.1. The number of amides is 1. The third kappa shape index (κ3) is 4.96. The predicted octanol–water partition coefficient (Wildman–Crippen LogP) is 3.87. The number of hydrogen-bond acceptors (Lipinski definition) is 4. The van der Waals surface area contributed by atoms with Crippen LogP contribution in [-0.2, 0) is 16.6 Å². The number of rotatable bonds is 7. The highest BCUT2D eigenvalue weighted by molar-refractivity contribution is 7.92. The van der Waals surface area contributed by atoms with Gasteiger partial charge in [-0.15, -0.1) is 0 Å². The number of anilines is 1. The first kappa shape index (κ1) is 21.3. The van der Waals surface area contributed by atoms with Gasteiger partial charge in [-0.05, 0) is 55.0 Å². The van der Waals surface area contributed by atoms with Crippen LogP contribution in [0.1, 0.15) is 21.5 Å². The van der Waals surface area contributed by atoms with Crippen LogP contribution in [0.5, 0.6) is 5.75 Å². The second-order valence-corrected chi connectivity index (χ2v) is 8.27. The Kier molecular flexibility index (Phi) is 6.37. The molecule has 30 heavy (non-hydrogen) atoms. The first-order valence-electron chi connectivity index (χ1n) is 9.09. The molecule has 2 N–H and O–H groups in total. The zero-order valence-electron chi connectivity index (χ0n) is 16.5. The number of hydrogen-bond donors (Lipinski definition) is 2. The maximum Gasteiger partial charge on any atom is 0.261 e. The van der Waals surface area contributed by atoms with E-state index in [-0.39, 0.29) is 22.7 Å². The van der Waals surface area contributed by atoms with Gasteiger partial charge in [0.15, 0.2) is 0 Å². The highest BCUT2D eigenvalue weighted by Gasteiger charge is 2.18. The van der Waals surface area contributed by atoms with Gasteiger partial charge < -0.3 is 10.1 Å². The zero-order chi connectivity index (χ0) is 21.7. The molecule has 3 aromatic rings. The molecule has 0 aliphatic heterocycles. The Morgan fingerprint density at radius 3 is 2.43 bits per heavy atom. The minimum absolute atomic E-state index is 0.0696. The summed E-state index contributed by atoms with van der Waals surface area (Å²) >= 11 is 0. The quantitative estimate of drug-likeness (QED) is 0.598. The largest absolute Gasteiger partial charge is 0.496 e. The number of methoxy groups -OCH3 is 1. The summed E-state index contributed by atoms with van der Waals surface area (Å²) in [7, 11) is -2.40. The summed E-state index contributed by atoms with van der Waals surface area (Å²) in [6.07, 6.45) is 0. The molecule has 3 rings (SSSR count). The molecule has 0 atom stereocenters. The Balaban J connectivity index is 1.80. The lowest BCUT2D eigenvalue weighted by atomic mass is 10.1. The average molecular weight is 428 g/mol. The van der Waals surface area contributed by atoms with Gasteiger partial charge >= 0.3 is 0 Å². The van der Waals surface area contributed by atoms with E-state index < -0.39 is 21.7 Å². The molecular formula is C22H21FN2O4S. The molecule has 156 valence electrons. The summed E-state index contributed by atoms with van der Waals surface area (Å²) in [5.74, 6) is -0.228. The minimum Gasteiger partial charge on any atom is -0.496 e. The molecule has 0 aliphatic carbocycles. The number of para-hydroxylation sites is 1. The van der Waals surface area contributed by atoms with Gasteiger partial charge in [0.05, 0.1) is 12.0 Å². The molecule has 0 saturated carbocycles. The molecule has 0 saturated heterocycles. The fourth-order valence-electron chi connectivity index (χ4n) is 2.86. The molecule has 0 fully saturated rings. The molecule has 6 nitrogen and oxygen atoms in total. The van der Waals surface area contributed by atoms with Crippen LogP contribution >= 0.6 is 0 Å². The number of aryl methyl sites for hydroxylation is 1. The van der Waals surface area contributed by atoms with E-state index in [2.05, 4.69) is 10.0 Å². The van der Waals surface area contributed by atoms with Gasteiger partial charge in [-0.2, -0.15) is 0 Å². The molecule has 0 aliphatic rings. The van der Waals surface area contributed by atoms with E-state index in [1.807, 2.05) is 18.2 Å². The monoisotopic (exact) mass is 428 g/mol. The van der Waals surface area contributed by atoms with Gasteiger partial charge in [0, 0.05) is 23.4 Å². The minimum atomic E-state index is -3.95. The normalized spacial score (nSPS) is 11.0. The van der Waals surface area contributed by atoms with Crippen molar-refractivity contribution in [2.75, 3.05) is 11.8 Å². The predicted molar refractivity (Wildman–Crippen MR) is 113 cm³/mol. The molecule has 0 aromatic heterocycles. The zero-order valence-corrected chi connectivity index (χ0v) is 17.3. The van der Waals surface area contributed by atoms with Gasteiger partial charge in [0.1, 0.15) is 11.6 Å². The Bertz CT molecular complexity index is 1160. The summed E-state index contributed by atoms with van der Waals surface area (Å²) in [5.41, 5.74) is 1.90. The van der Waals surface area contributed by atoms with Crippen molar-refractivity contribution in [2.24, 2.45) is 0 Å². The number of nitrogens with one attached hydrogen (secondary N) is 2. The van der Waals surface area contributed by atoms with E-state index in [1.165, 1.54) is 24.3 Å². The molecule has 0 radical (unpaired) electrons. The molecule has 8 heteroatoms. The van der Waals surface area contributed by atoms with Crippen molar-refractivity contribution < 1.29 is 22.3 Å². The lowest BCUT2D eigenvalue weighted by molar-refractivity contribution is 0.0950. The molecule has 0 unspecified atom stereocenters. The van der Waals surface area contributed by atoms with Crippen LogP contribution in [0.3, 0.4) is 0 Å². The van der Waals surface area contributed by atoms with Gasteiger partial charge in [0.25, 0.3) is 15.9 Å². The summed E-state index contributed by atoms with van der Waals surface area (Å²) in [6, 6.07) is 16.5. The second-order valence-electron chi connectivity index (χ2n) is 6.58. The smallest absolute Gasteiger partial charge is 0.261 e. The van der Waals surface area contributed by atoms with Crippen LogP contribution in [0.25, 0.3) is 0 Å². The lowest BCUT2D eigenvalue weighted by Crippen LogP contribution is -2.24. The number of sulfonamides is 1. The van der Waals surface area contributed by atoms with Crippen LogP contribution in [0, 0.1) is 12.7 Å². The van der Waals surface area contributed by atoms with Crippen LogP contribution in [0.2, 0.25) is 0 Å². The number of carbonyl (C=O) groups excluding carboxylic acids is 1. The van der Waals surface area contributed by atoms with Crippen LogP contribution in [0.4, 0.5) is 10.1 Å². The Morgan fingerprint density at radius 1 is 1.03 bits per heavy atom. The third-order valence-corrected chi connectivity index (χ3v) is 5.87. The molecule has 1 amide bonds. The lowest BCUT2D eigenvalue weighted by Gasteiger charge is -2.13. The average Bonchev–Trinajstić information content (AvgIpc) is 2.74. The molecule has 0 spiro atoms. The van der Waals surface area contributed by atoms with E-state index in [9.17, 15) is 17.6 Å². The number of ether oxygens (including phenoxy) is 1. The van der Waals surface area contributed by atoms with Crippen molar-refractivity contribution in [2.45, 2.75) is 18.4 Å². The molecule has 3 aromatic carbocycles. The summed E-state index contributed by atoms with van der Waals surface area (Å²) in [6.45, 7) is 1.95. The first-order valence-corrected chi connectivity index (χ1v) is 10.6. The van der Waals surface area contributed by atoms with Crippen LogP contribution in [-0.4, -0.2) is 21.4 Å². The van der Waals surface area contributed by atoms with Gasteiger partial charge in [-0.3, -0.25) is 9.52 Å². The number of halogens is 1. The standard InChI is InChI=1S/C22H21FN2O4S/c1-15-7-12-19(30(27,28)25-18-10-8-17(23)9-11-18)13-20(15)22(26)24-14-16-5-3-4-6-21(16)29-2/h3-13,25H,14H2,1-2H3,(H,24,26). The third-order valence-electron chi connectivity index (χ3n) is 4.49. The highest BCUT2D eigenvalue weighted by atomic mass is 32.2. The van der Waals surface area contributed by atoms with E-state index in [0.29, 0.717) is 11.3 Å². The van der Waals surface area contributed by atoms with Gasteiger partial charge in [0.2, 0.25) is 0 Å². The Labute approximate surface area is 174 Å². The topological polar surface area (TPSA) is 84.5 Å². The van der Waals surface area contributed by atoms with E-state index in [0.717, 1.165) is 17.7 Å². The SMILES string of the molecule is COc1ccccc1CNC(=O)c1cc(S(=O)(=O)Nc2ccc(F)cc2)ccc1C. The van der Waals surface area contributed by atoms with Crippen LogP contribution < -0.4 is 14.8 Å². The highest BCUT2D eigenvalue weighted by Crippen LogP contribution is 2.21. The fourth-order valence-corrected chi connectivity index (χ4v) is 3.95. The Hall–Kier alpha value is -3.39. The van der Waals surface area contributed by atoms with Crippen molar-refractivity contribution >= 4 is 21.6 Å². The maximum atomic E-state index is 13.0. The van der Waals surface area contributed by atoms with E-state index in [4.69, 9.17) is 4.74 Å². The maximum absolute atomic E-state index is 13.0. The van der Waals surface area contributed by atoms with Crippen molar-refractivity contribution in [1.82, 2.24) is 5.32 Å². The van der Waals surface area contributed by atoms with Gasteiger partial charge in [-0.1, -0.05) is 24.3 Å². The molecule has 0 heterocycles. The van der Waals surface area contributed by atoms with Crippen molar-refractivity contribution in [3.8, 4) is 5.75 Å². The number of benzene rings is 3. The summed E-state index contributed by atoms with van der Waals surface area (Å²) in [5, 5.41) is 2.79. The van der Waals surface area contributed by atoms with Crippen molar-refractivity contribution in [1.29, 1.82) is 0 Å². The van der Waals surface area contributed by atoms with Crippen molar-refractivity contribution in [3.63, 3.8) is 0 Å². The second kappa shape index (κ2) is 8.96. The summed E-state index contributed by atoms with van der Waals surface area (Å²) in [4.78, 5) is 12.6. The van der Waals surface area contributed by atoms with E-state index in [1.54, 1.807) is 26.2 Å². The Morgan fingerprint density at radius 2 is 1.73 bits per heavy atom. The fraction of sp³-hybridized carbons (Fsp3) is 0.136. The molecular weight excluding hydrogens is 407 g/mol.